The first-order valence-electron chi connectivity index (χ1n) is 8.04. The van der Waals surface area contributed by atoms with Crippen LogP contribution in [0.1, 0.15) is 28.5 Å². The Morgan fingerprint density at radius 3 is 2.62 bits per heavy atom. The van der Waals surface area contributed by atoms with Gasteiger partial charge in [0, 0.05) is 5.69 Å². The molecule has 1 aromatic carbocycles. The first-order chi connectivity index (χ1) is 12.5. The molecule has 2 aromatic heterocycles. The van der Waals surface area contributed by atoms with Crippen LogP contribution >= 0.6 is 23.1 Å². The van der Waals surface area contributed by atoms with Crippen molar-refractivity contribution in [1.29, 1.82) is 0 Å². The highest BCUT2D eigenvalue weighted by Crippen LogP contribution is 2.27. The summed E-state index contributed by atoms with van der Waals surface area (Å²) in [6, 6.07) is 9.88. The van der Waals surface area contributed by atoms with Crippen molar-refractivity contribution in [2.75, 3.05) is 19.8 Å². The molecule has 136 valence electrons. The highest BCUT2D eigenvalue weighted by molar-refractivity contribution is 7.99. The topological polar surface area (TPSA) is 51.0 Å². The Hall–Kier alpha value is -2.03. The number of benzene rings is 1. The predicted molar refractivity (Wildman–Crippen MR) is 103 cm³/mol. The van der Waals surface area contributed by atoms with Crippen LogP contribution in [0.15, 0.2) is 46.9 Å². The fraction of sp³-hybridized carbons (Fsp3) is 0.278. The molecule has 3 rings (SSSR count). The van der Waals surface area contributed by atoms with Gasteiger partial charge in [-0.25, -0.2) is 4.39 Å². The number of hydrogen-bond donors (Lipinski definition) is 0. The van der Waals surface area contributed by atoms with Gasteiger partial charge in [0.15, 0.2) is 16.8 Å². The van der Waals surface area contributed by atoms with Gasteiger partial charge in [-0.15, -0.1) is 21.5 Å². The normalized spacial score (nSPS) is 12.5. The van der Waals surface area contributed by atoms with Crippen LogP contribution in [0.4, 0.5) is 4.39 Å². The Labute approximate surface area is 159 Å². The monoisotopic (exact) mass is 390 g/mol. The fourth-order valence-electron chi connectivity index (χ4n) is 2.35. The van der Waals surface area contributed by atoms with Gasteiger partial charge in [0.25, 0.3) is 0 Å². The zero-order valence-corrected chi connectivity index (χ0v) is 16.4. The second-order valence-corrected chi connectivity index (χ2v) is 7.87. The third-order valence-corrected chi connectivity index (χ3v) is 5.86. The standard InChI is InChI=1S/C18H19FN4OS2/c1-12(22(2)3)17-20-21-18(23(17)14-8-6-13(19)7-9-14)26-11-15(24)16-5-4-10-25-16/h4-10,12H,11H2,1-3H3/t12-/m0/s1. The minimum atomic E-state index is -0.300. The molecule has 3 aromatic rings. The van der Waals surface area contributed by atoms with Crippen molar-refractivity contribution >= 4 is 28.9 Å². The van der Waals surface area contributed by atoms with E-state index in [0.29, 0.717) is 5.16 Å². The smallest absolute Gasteiger partial charge is 0.196 e. The number of thioether (sulfide) groups is 1. The quantitative estimate of drug-likeness (QED) is 0.450. The van der Waals surface area contributed by atoms with E-state index in [1.807, 2.05) is 48.0 Å². The number of rotatable bonds is 7. The molecule has 0 unspecified atom stereocenters. The number of thiophene rings is 1. The second kappa shape index (κ2) is 8.11. The van der Waals surface area contributed by atoms with Gasteiger partial charge in [-0.1, -0.05) is 17.8 Å². The summed E-state index contributed by atoms with van der Waals surface area (Å²) < 4.78 is 15.2. The van der Waals surface area contributed by atoms with Gasteiger partial charge >= 0.3 is 0 Å². The van der Waals surface area contributed by atoms with E-state index in [9.17, 15) is 9.18 Å². The minimum absolute atomic E-state index is 0.00917. The summed E-state index contributed by atoms with van der Waals surface area (Å²) >= 11 is 2.76. The number of carbonyl (C=O) groups is 1. The van der Waals surface area contributed by atoms with E-state index in [4.69, 9.17) is 0 Å². The van der Waals surface area contributed by atoms with Gasteiger partial charge in [-0.2, -0.15) is 0 Å². The molecule has 0 saturated heterocycles. The van der Waals surface area contributed by atoms with Crippen molar-refractivity contribution in [3.63, 3.8) is 0 Å². The molecule has 0 amide bonds. The van der Waals surface area contributed by atoms with Crippen LogP contribution in [0.2, 0.25) is 0 Å². The zero-order chi connectivity index (χ0) is 18.7. The lowest BCUT2D eigenvalue weighted by molar-refractivity contribution is 0.102. The largest absolute Gasteiger partial charge is 0.300 e. The van der Waals surface area contributed by atoms with Crippen molar-refractivity contribution in [3.05, 3.63) is 58.3 Å². The minimum Gasteiger partial charge on any atom is -0.300 e. The van der Waals surface area contributed by atoms with Crippen molar-refractivity contribution in [1.82, 2.24) is 19.7 Å². The van der Waals surface area contributed by atoms with E-state index in [2.05, 4.69) is 10.2 Å². The lowest BCUT2D eigenvalue weighted by Gasteiger charge is -2.20. The van der Waals surface area contributed by atoms with Crippen LogP contribution in [0, 0.1) is 5.82 Å². The number of ketones is 1. The summed E-state index contributed by atoms with van der Waals surface area (Å²) in [4.78, 5) is 15.0. The summed E-state index contributed by atoms with van der Waals surface area (Å²) in [5, 5.41) is 11.1. The average Bonchev–Trinajstić information content (AvgIpc) is 3.29. The SMILES string of the molecule is C[C@@H](c1nnc(SCC(=O)c2cccs2)n1-c1ccc(F)cc1)N(C)C. The number of carbonyl (C=O) groups excluding carboxylic acids is 1. The van der Waals surface area contributed by atoms with E-state index < -0.39 is 0 Å². The molecule has 2 heterocycles. The van der Waals surface area contributed by atoms with E-state index in [-0.39, 0.29) is 23.4 Å². The molecule has 8 heteroatoms. The van der Waals surface area contributed by atoms with Gasteiger partial charge in [0.05, 0.1) is 16.7 Å². The molecule has 0 bridgehead atoms. The molecule has 5 nitrogen and oxygen atoms in total. The molecule has 0 fully saturated rings. The molecular formula is C18H19FN4OS2. The number of hydrogen-bond acceptors (Lipinski definition) is 6. The van der Waals surface area contributed by atoms with Crippen LogP contribution in [0.3, 0.4) is 0 Å². The summed E-state index contributed by atoms with van der Waals surface area (Å²) in [7, 11) is 3.92. The number of nitrogens with zero attached hydrogens (tertiary/aromatic N) is 4. The zero-order valence-electron chi connectivity index (χ0n) is 14.7. The highest BCUT2D eigenvalue weighted by Gasteiger charge is 2.21. The van der Waals surface area contributed by atoms with E-state index >= 15 is 0 Å². The Balaban J connectivity index is 1.91. The van der Waals surface area contributed by atoms with Gasteiger partial charge in [0.1, 0.15) is 5.82 Å². The maximum Gasteiger partial charge on any atom is 0.196 e. The maximum atomic E-state index is 13.3. The highest BCUT2D eigenvalue weighted by atomic mass is 32.2. The average molecular weight is 391 g/mol. The first kappa shape index (κ1) is 18.8. The van der Waals surface area contributed by atoms with Gasteiger partial charge < -0.3 is 0 Å². The molecule has 0 N–H and O–H groups in total. The second-order valence-electron chi connectivity index (χ2n) is 5.98. The van der Waals surface area contributed by atoms with Gasteiger partial charge in [-0.05, 0) is 56.7 Å². The van der Waals surface area contributed by atoms with Crippen LogP contribution in [0.5, 0.6) is 0 Å². The van der Waals surface area contributed by atoms with E-state index in [1.165, 1.54) is 35.2 Å². The predicted octanol–water partition coefficient (Wildman–Crippen LogP) is 4.07. The Morgan fingerprint density at radius 1 is 1.27 bits per heavy atom. The molecular weight excluding hydrogens is 371 g/mol. The number of aromatic nitrogens is 3. The summed E-state index contributed by atoms with van der Waals surface area (Å²) in [6.07, 6.45) is 0. The summed E-state index contributed by atoms with van der Waals surface area (Å²) in [6.45, 7) is 2.02. The number of halogens is 1. The molecule has 0 aliphatic heterocycles. The van der Waals surface area contributed by atoms with Crippen LogP contribution in [-0.2, 0) is 0 Å². The molecule has 0 saturated carbocycles. The lowest BCUT2D eigenvalue weighted by Crippen LogP contribution is -2.20. The molecule has 26 heavy (non-hydrogen) atoms. The Bertz CT molecular complexity index is 875. The van der Waals surface area contributed by atoms with Gasteiger partial charge in [0.2, 0.25) is 0 Å². The molecule has 1 atom stereocenters. The third kappa shape index (κ3) is 4.03. The van der Waals surface area contributed by atoms with Crippen LogP contribution in [0.25, 0.3) is 5.69 Å². The molecule has 0 spiro atoms. The van der Waals surface area contributed by atoms with E-state index in [1.54, 1.807) is 12.1 Å². The Morgan fingerprint density at radius 2 is 2.00 bits per heavy atom. The van der Waals surface area contributed by atoms with Crippen molar-refractivity contribution in [2.24, 2.45) is 0 Å². The van der Waals surface area contributed by atoms with Crippen molar-refractivity contribution in [2.45, 2.75) is 18.1 Å². The summed E-state index contributed by atoms with van der Waals surface area (Å²) in [5.41, 5.74) is 0.770. The van der Waals surface area contributed by atoms with Gasteiger partial charge in [-0.3, -0.25) is 14.3 Å². The lowest BCUT2D eigenvalue weighted by atomic mass is 10.2. The van der Waals surface area contributed by atoms with Crippen LogP contribution in [-0.4, -0.2) is 45.3 Å². The maximum absolute atomic E-state index is 13.3. The Kier molecular flexibility index (Phi) is 5.85. The first-order valence-corrected chi connectivity index (χ1v) is 9.91. The van der Waals surface area contributed by atoms with Crippen LogP contribution < -0.4 is 0 Å². The molecule has 0 aliphatic rings. The molecule has 0 radical (unpaired) electrons. The number of Topliss-reactive ketones (excluding diaryl/α,β-unsaturated/α-hetero) is 1. The van der Waals surface area contributed by atoms with Crippen molar-refractivity contribution in [3.8, 4) is 5.69 Å². The summed E-state index contributed by atoms with van der Waals surface area (Å²) in [5.74, 6) is 0.774. The fourth-order valence-corrected chi connectivity index (χ4v) is 3.95. The third-order valence-electron chi connectivity index (χ3n) is 4.02. The van der Waals surface area contributed by atoms with E-state index in [0.717, 1.165) is 16.4 Å². The van der Waals surface area contributed by atoms with Crippen molar-refractivity contribution < 1.29 is 9.18 Å². The molecule has 0 aliphatic carbocycles.